The zero-order chi connectivity index (χ0) is 17.6. The van der Waals surface area contributed by atoms with Crippen LogP contribution in [-0.2, 0) is 4.79 Å². The molecule has 25 heavy (non-hydrogen) atoms. The molecule has 1 atom stereocenters. The number of benzene rings is 2. The molecule has 1 heterocycles. The molecule has 1 amide bonds. The van der Waals surface area contributed by atoms with Crippen LogP contribution < -0.4 is 4.74 Å². The third kappa shape index (κ3) is 4.62. The predicted octanol–water partition coefficient (Wildman–Crippen LogP) is 4.62. The number of rotatable bonds is 6. The van der Waals surface area contributed by atoms with Gasteiger partial charge in [-0.05, 0) is 49.9 Å². The van der Waals surface area contributed by atoms with Gasteiger partial charge < -0.3 is 9.64 Å². The van der Waals surface area contributed by atoms with Crippen molar-refractivity contribution in [2.75, 3.05) is 13.1 Å². The van der Waals surface area contributed by atoms with E-state index in [4.69, 9.17) is 4.74 Å². The lowest BCUT2D eigenvalue weighted by Crippen LogP contribution is -2.29. The molecule has 0 spiro atoms. The van der Waals surface area contributed by atoms with Gasteiger partial charge in [0.2, 0.25) is 5.91 Å². The van der Waals surface area contributed by atoms with E-state index in [1.165, 1.54) is 5.56 Å². The number of nitrogens with zero attached hydrogens (tertiary/aromatic N) is 1. The maximum Gasteiger partial charge on any atom is 0.223 e. The number of hydrogen-bond acceptors (Lipinski definition) is 2. The molecule has 0 radical (unpaired) electrons. The number of likely N-dealkylation sites (tertiary alicyclic amines) is 1. The van der Waals surface area contributed by atoms with Crippen molar-refractivity contribution in [2.24, 2.45) is 0 Å². The van der Waals surface area contributed by atoms with Gasteiger partial charge in [-0.25, -0.2) is 0 Å². The van der Waals surface area contributed by atoms with Crippen LogP contribution in [0, 0.1) is 0 Å². The van der Waals surface area contributed by atoms with E-state index in [1.54, 1.807) is 0 Å². The largest absolute Gasteiger partial charge is 0.491 e. The van der Waals surface area contributed by atoms with Crippen LogP contribution in [0.15, 0.2) is 54.6 Å². The second-order valence-electron chi connectivity index (χ2n) is 6.99. The van der Waals surface area contributed by atoms with Gasteiger partial charge >= 0.3 is 0 Å². The Hall–Kier alpha value is -2.29. The Bertz CT molecular complexity index is 673. The quantitative estimate of drug-likeness (QED) is 0.770. The first-order chi connectivity index (χ1) is 12.1. The highest BCUT2D eigenvalue weighted by Crippen LogP contribution is 2.30. The molecule has 0 bridgehead atoms. The first kappa shape index (κ1) is 17.5. The minimum absolute atomic E-state index is 0.0856. The summed E-state index contributed by atoms with van der Waals surface area (Å²) in [6.07, 6.45) is 2.94. The molecule has 3 heteroatoms. The van der Waals surface area contributed by atoms with Crippen LogP contribution >= 0.6 is 0 Å². The number of hydrogen-bond donors (Lipinski definition) is 0. The SMILES string of the molecule is CC(C)Oc1ccc([C@H](CC(=O)N2CCCC2)c2ccccc2)cc1. The third-order valence-electron chi connectivity index (χ3n) is 4.69. The summed E-state index contributed by atoms with van der Waals surface area (Å²) in [4.78, 5) is 14.7. The Morgan fingerprint density at radius 3 is 2.16 bits per heavy atom. The number of carbonyl (C=O) groups is 1. The molecule has 0 aromatic heterocycles. The van der Waals surface area contributed by atoms with Crippen LogP contribution in [0.1, 0.15) is 50.2 Å². The van der Waals surface area contributed by atoms with Gasteiger partial charge in [-0.3, -0.25) is 4.79 Å². The minimum Gasteiger partial charge on any atom is -0.491 e. The Labute approximate surface area is 150 Å². The Morgan fingerprint density at radius 2 is 1.56 bits per heavy atom. The molecule has 1 saturated heterocycles. The molecule has 2 aromatic rings. The van der Waals surface area contributed by atoms with E-state index in [9.17, 15) is 4.79 Å². The standard InChI is InChI=1S/C22H27NO2/c1-17(2)25-20-12-10-19(11-13-20)21(18-8-4-3-5-9-18)16-22(24)23-14-6-7-15-23/h3-5,8-13,17,21H,6-7,14-16H2,1-2H3/t21-/m1/s1. The number of carbonyl (C=O) groups excluding carboxylic acids is 1. The number of ether oxygens (including phenoxy) is 1. The molecule has 1 aliphatic heterocycles. The summed E-state index contributed by atoms with van der Waals surface area (Å²) in [7, 11) is 0. The van der Waals surface area contributed by atoms with Crippen LogP contribution in [0.2, 0.25) is 0 Å². The first-order valence-electron chi connectivity index (χ1n) is 9.23. The van der Waals surface area contributed by atoms with Crippen molar-refractivity contribution in [3.05, 3.63) is 65.7 Å². The van der Waals surface area contributed by atoms with E-state index < -0.39 is 0 Å². The Balaban J connectivity index is 1.82. The minimum atomic E-state index is 0.0856. The fourth-order valence-corrected chi connectivity index (χ4v) is 3.43. The van der Waals surface area contributed by atoms with Crippen molar-refractivity contribution in [1.29, 1.82) is 0 Å². The summed E-state index contributed by atoms with van der Waals surface area (Å²) in [6, 6.07) is 18.5. The van der Waals surface area contributed by atoms with Crippen LogP contribution in [-0.4, -0.2) is 30.0 Å². The van der Waals surface area contributed by atoms with Crippen molar-refractivity contribution < 1.29 is 9.53 Å². The lowest BCUT2D eigenvalue weighted by atomic mass is 9.88. The van der Waals surface area contributed by atoms with Crippen LogP contribution in [0.4, 0.5) is 0 Å². The maximum atomic E-state index is 12.7. The molecule has 3 rings (SSSR count). The van der Waals surface area contributed by atoms with Gasteiger partial charge in [0.1, 0.15) is 5.75 Å². The molecule has 0 saturated carbocycles. The van der Waals surface area contributed by atoms with E-state index in [1.807, 2.05) is 49.1 Å². The number of amides is 1. The Kier molecular flexibility index (Phi) is 5.75. The summed E-state index contributed by atoms with van der Waals surface area (Å²) in [6.45, 7) is 5.85. The topological polar surface area (TPSA) is 29.5 Å². The lowest BCUT2D eigenvalue weighted by Gasteiger charge is -2.22. The van der Waals surface area contributed by atoms with Crippen molar-refractivity contribution in [1.82, 2.24) is 4.90 Å². The average Bonchev–Trinajstić information content (AvgIpc) is 3.15. The highest BCUT2D eigenvalue weighted by molar-refractivity contribution is 5.78. The second-order valence-corrected chi connectivity index (χ2v) is 6.99. The van der Waals surface area contributed by atoms with E-state index in [0.29, 0.717) is 6.42 Å². The zero-order valence-corrected chi connectivity index (χ0v) is 15.2. The Morgan fingerprint density at radius 1 is 0.960 bits per heavy atom. The van der Waals surface area contributed by atoms with E-state index >= 15 is 0 Å². The molecular formula is C22H27NO2. The van der Waals surface area contributed by atoms with Gasteiger partial charge in [0.05, 0.1) is 6.10 Å². The smallest absolute Gasteiger partial charge is 0.223 e. The highest BCUT2D eigenvalue weighted by Gasteiger charge is 2.24. The maximum absolute atomic E-state index is 12.7. The fourth-order valence-electron chi connectivity index (χ4n) is 3.43. The van der Waals surface area contributed by atoms with Gasteiger partial charge in [-0.15, -0.1) is 0 Å². The van der Waals surface area contributed by atoms with Crippen molar-refractivity contribution in [2.45, 2.75) is 45.1 Å². The van der Waals surface area contributed by atoms with Gasteiger partial charge in [-0.2, -0.15) is 0 Å². The molecule has 0 aliphatic carbocycles. The first-order valence-corrected chi connectivity index (χ1v) is 9.23. The second kappa shape index (κ2) is 8.19. The zero-order valence-electron chi connectivity index (χ0n) is 15.2. The molecule has 2 aromatic carbocycles. The van der Waals surface area contributed by atoms with E-state index in [0.717, 1.165) is 37.2 Å². The van der Waals surface area contributed by atoms with Gasteiger partial charge in [0.25, 0.3) is 0 Å². The lowest BCUT2D eigenvalue weighted by molar-refractivity contribution is -0.130. The normalized spacial score (nSPS) is 15.4. The molecular weight excluding hydrogens is 310 g/mol. The molecule has 0 N–H and O–H groups in total. The summed E-state index contributed by atoms with van der Waals surface area (Å²) < 4.78 is 5.74. The van der Waals surface area contributed by atoms with E-state index in [-0.39, 0.29) is 17.9 Å². The summed E-state index contributed by atoms with van der Waals surface area (Å²) >= 11 is 0. The van der Waals surface area contributed by atoms with Crippen LogP contribution in [0.5, 0.6) is 5.75 Å². The summed E-state index contributed by atoms with van der Waals surface area (Å²) in [5.74, 6) is 1.22. The molecule has 1 aliphatic rings. The molecule has 1 fully saturated rings. The molecule has 3 nitrogen and oxygen atoms in total. The van der Waals surface area contributed by atoms with Crippen LogP contribution in [0.25, 0.3) is 0 Å². The highest BCUT2D eigenvalue weighted by atomic mass is 16.5. The van der Waals surface area contributed by atoms with Gasteiger partial charge in [-0.1, -0.05) is 42.5 Å². The van der Waals surface area contributed by atoms with Crippen LogP contribution in [0.3, 0.4) is 0 Å². The molecule has 0 unspecified atom stereocenters. The fraction of sp³-hybridized carbons (Fsp3) is 0.409. The average molecular weight is 337 g/mol. The monoisotopic (exact) mass is 337 g/mol. The summed E-state index contributed by atoms with van der Waals surface area (Å²) in [5, 5.41) is 0. The third-order valence-corrected chi connectivity index (χ3v) is 4.69. The van der Waals surface area contributed by atoms with Crippen molar-refractivity contribution >= 4 is 5.91 Å². The van der Waals surface area contributed by atoms with Crippen molar-refractivity contribution in [3.63, 3.8) is 0 Å². The van der Waals surface area contributed by atoms with Crippen molar-refractivity contribution in [3.8, 4) is 5.75 Å². The van der Waals surface area contributed by atoms with Gasteiger partial charge in [0.15, 0.2) is 0 Å². The van der Waals surface area contributed by atoms with Gasteiger partial charge in [0, 0.05) is 25.4 Å². The summed E-state index contributed by atoms with van der Waals surface area (Å²) in [5.41, 5.74) is 2.35. The van der Waals surface area contributed by atoms with E-state index in [2.05, 4.69) is 24.3 Å². The molecule has 132 valence electrons. The predicted molar refractivity (Wildman–Crippen MR) is 101 cm³/mol.